The van der Waals surface area contributed by atoms with Gasteiger partial charge >= 0.3 is 0 Å². The van der Waals surface area contributed by atoms with Gasteiger partial charge in [-0.05, 0) is 49.7 Å². The molecule has 116 valence electrons. The van der Waals surface area contributed by atoms with E-state index in [4.69, 9.17) is 0 Å². The van der Waals surface area contributed by atoms with Crippen LogP contribution in [-0.4, -0.2) is 19.8 Å². The highest BCUT2D eigenvalue weighted by Gasteiger charge is 2.46. The van der Waals surface area contributed by atoms with Crippen molar-refractivity contribution in [3.8, 4) is 0 Å². The minimum Gasteiger partial charge on any atom is -0.385 e. The number of unbranched alkanes of at least 4 members (excludes halogenated alkanes) is 1. The molecule has 2 aliphatic heterocycles. The van der Waals surface area contributed by atoms with Crippen molar-refractivity contribution in [3.63, 3.8) is 0 Å². The average Bonchev–Trinajstić information content (AvgIpc) is 2.47. The number of benzene rings is 1. The summed E-state index contributed by atoms with van der Waals surface area (Å²) in [6.07, 6.45) is 8.08. The molecule has 1 N–H and O–H groups in total. The Morgan fingerprint density at radius 3 is 2.38 bits per heavy atom. The van der Waals surface area contributed by atoms with E-state index in [1.54, 1.807) is 0 Å². The fourth-order valence-electron chi connectivity index (χ4n) is 3.88. The van der Waals surface area contributed by atoms with Gasteiger partial charge in [0.05, 0.1) is 5.60 Å². The summed E-state index contributed by atoms with van der Waals surface area (Å²) in [4.78, 5) is 0. The Hall–Kier alpha value is -0.670. The molecule has 2 atom stereocenters. The first-order valence-electron chi connectivity index (χ1n) is 8.33. The molecule has 2 saturated heterocycles. The van der Waals surface area contributed by atoms with Gasteiger partial charge < -0.3 is 5.11 Å². The average molecular weight is 306 g/mol. The molecule has 2 heterocycles. The van der Waals surface area contributed by atoms with Crippen LogP contribution in [0.25, 0.3) is 0 Å². The zero-order valence-electron chi connectivity index (χ0n) is 12.9. The Balaban J connectivity index is 1.77. The predicted octanol–water partition coefficient (Wildman–Crippen LogP) is 3.68. The van der Waals surface area contributed by atoms with Crippen LogP contribution in [0, 0.1) is 0 Å². The normalized spacial score (nSPS) is 35.6. The highest BCUT2D eigenvalue weighted by Crippen LogP contribution is 2.44. The van der Waals surface area contributed by atoms with Gasteiger partial charge in [0.25, 0.3) is 0 Å². The molecule has 1 aromatic carbocycles. The molecule has 21 heavy (non-hydrogen) atoms. The van der Waals surface area contributed by atoms with Crippen LogP contribution in [0.5, 0.6) is 0 Å². The third-order valence-electron chi connectivity index (χ3n) is 5.15. The number of aryl methyl sites for hydroxylation is 1. The van der Waals surface area contributed by atoms with Gasteiger partial charge in [0, 0.05) is 21.3 Å². The molecular weight excluding hydrogens is 280 g/mol. The van der Waals surface area contributed by atoms with Crippen LogP contribution in [0.15, 0.2) is 24.3 Å². The Morgan fingerprint density at radius 2 is 1.81 bits per heavy atom. The first kappa shape index (κ1) is 15.2. The molecule has 0 amide bonds. The fourth-order valence-corrected chi connectivity index (χ4v) is 6.10. The van der Waals surface area contributed by atoms with Gasteiger partial charge in [-0.1, -0.05) is 44.0 Å². The maximum Gasteiger partial charge on any atom is 0.0919 e. The molecule has 0 aliphatic carbocycles. The van der Waals surface area contributed by atoms with Crippen LogP contribution in [-0.2, 0) is 22.8 Å². The van der Waals surface area contributed by atoms with Gasteiger partial charge in [-0.3, -0.25) is 4.21 Å². The lowest BCUT2D eigenvalue weighted by molar-refractivity contribution is 0.00653. The first-order valence-corrected chi connectivity index (χ1v) is 9.61. The number of hydrogen-bond acceptors (Lipinski definition) is 2. The molecule has 2 nitrogen and oxygen atoms in total. The standard InChI is InChI=1S/C18H26O2S/c1-2-3-5-14-8-10-15(11-9-14)18(19)12-16-6-4-7-17(13-18)21(16)20/h8-11,16-17,19H,2-7,12-13H2,1H3. The number of rotatable bonds is 4. The topological polar surface area (TPSA) is 37.3 Å². The van der Waals surface area contributed by atoms with Crippen LogP contribution >= 0.6 is 0 Å². The summed E-state index contributed by atoms with van der Waals surface area (Å²) in [5, 5.41) is 11.5. The summed E-state index contributed by atoms with van der Waals surface area (Å²) in [5.74, 6) is 0. The maximum absolute atomic E-state index is 12.3. The van der Waals surface area contributed by atoms with Gasteiger partial charge in [-0.15, -0.1) is 0 Å². The first-order chi connectivity index (χ1) is 10.1. The van der Waals surface area contributed by atoms with Crippen LogP contribution < -0.4 is 0 Å². The molecule has 0 radical (unpaired) electrons. The van der Waals surface area contributed by atoms with E-state index in [0.717, 1.165) is 24.8 Å². The molecule has 3 rings (SSSR count). The van der Waals surface area contributed by atoms with E-state index in [1.165, 1.54) is 24.8 Å². The molecular formula is C18H26O2S. The summed E-state index contributed by atoms with van der Waals surface area (Å²) >= 11 is 0. The van der Waals surface area contributed by atoms with Crippen molar-refractivity contribution in [2.45, 2.75) is 74.4 Å². The Kier molecular flexibility index (Phi) is 4.51. The molecule has 2 fully saturated rings. The second-order valence-electron chi connectivity index (χ2n) is 6.74. The minimum atomic E-state index is -0.757. The Labute approximate surface area is 130 Å². The second kappa shape index (κ2) is 6.21. The Morgan fingerprint density at radius 1 is 1.19 bits per heavy atom. The van der Waals surface area contributed by atoms with Crippen LogP contribution in [0.4, 0.5) is 0 Å². The molecule has 2 unspecified atom stereocenters. The molecule has 1 aromatic rings. The largest absolute Gasteiger partial charge is 0.385 e. The minimum absolute atomic E-state index is 0.197. The second-order valence-corrected chi connectivity index (χ2v) is 8.73. The summed E-state index contributed by atoms with van der Waals surface area (Å²) in [6, 6.07) is 8.50. The lowest BCUT2D eigenvalue weighted by Crippen LogP contribution is -2.47. The number of fused-ring (bicyclic) bond motifs is 2. The van der Waals surface area contributed by atoms with Crippen molar-refractivity contribution in [1.82, 2.24) is 0 Å². The molecule has 2 aliphatic rings. The SMILES string of the molecule is CCCCc1ccc(C2(O)CC3CCCC(C2)S3=O)cc1. The van der Waals surface area contributed by atoms with Crippen molar-refractivity contribution in [2.75, 3.05) is 0 Å². The summed E-state index contributed by atoms with van der Waals surface area (Å²) < 4.78 is 12.3. The summed E-state index contributed by atoms with van der Waals surface area (Å²) in [6.45, 7) is 2.21. The Bertz CT molecular complexity index is 492. The summed E-state index contributed by atoms with van der Waals surface area (Å²) in [5.41, 5.74) is 1.62. The van der Waals surface area contributed by atoms with E-state index in [9.17, 15) is 9.32 Å². The van der Waals surface area contributed by atoms with Gasteiger partial charge in [-0.25, -0.2) is 0 Å². The third-order valence-corrected chi connectivity index (χ3v) is 7.27. The van der Waals surface area contributed by atoms with Crippen LogP contribution in [0.3, 0.4) is 0 Å². The van der Waals surface area contributed by atoms with E-state index in [0.29, 0.717) is 12.8 Å². The zero-order chi connectivity index (χ0) is 14.9. The van der Waals surface area contributed by atoms with E-state index in [1.807, 2.05) is 0 Å². The smallest absolute Gasteiger partial charge is 0.0919 e. The monoisotopic (exact) mass is 306 g/mol. The van der Waals surface area contributed by atoms with Crippen molar-refractivity contribution < 1.29 is 9.32 Å². The third kappa shape index (κ3) is 3.09. The number of hydrogen-bond donors (Lipinski definition) is 1. The van der Waals surface area contributed by atoms with Gasteiger partial charge in [0.2, 0.25) is 0 Å². The van der Waals surface area contributed by atoms with Crippen molar-refractivity contribution in [2.24, 2.45) is 0 Å². The van der Waals surface area contributed by atoms with Gasteiger partial charge in [0.1, 0.15) is 0 Å². The van der Waals surface area contributed by atoms with Crippen molar-refractivity contribution in [3.05, 3.63) is 35.4 Å². The van der Waals surface area contributed by atoms with E-state index in [2.05, 4.69) is 31.2 Å². The van der Waals surface area contributed by atoms with Crippen molar-refractivity contribution >= 4 is 10.8 Å². The molecule has 0 aromatic heterocycles. The zero-order valence-corrected chi connectivity index (χ0v) is 13.7. The predicted molar refractivity (Wildman–Crippen MR) is 87.8 cm³/mol. The highest BCUT2D eigenvalue weighted by molar-refractivity contribution is 7.86. The van der Waals surface area contributed by atoms with Crippen LogP contribution in [0.2, 0.25) is 0 Å². The lowest BCUT2D eigenvalue weighted by Gasteiger charge is -2.43. The van der Waals surface area contributed by atoms with E-state index < -0.39 is 16.4 Å². The molecule has 0 spiro atoms. The van der Waals surface area contributed by atoms with Crippen LogP contribution in [0.1, 0.15) is 63.0 Å². The lowest BCUT2D eigenvalue weighted by atomic mass is 9.80. The molecule has 3 heteroatoms. The molecule has 0 saturated carbocycles. The fraction of sp³-hybridized carbons (Fsp3) is 0.667. The van der Waals surface area contributed by atoms with E-state index >= 15 is 0 Å². The van der Waals surface area contributed by atoms with Gasteiger partial charge in [-0.2, -0.15) is 0 Å². The quantitative estimate of drug-likeness (QED) is 0.921. The maximum atomic E-state index is 12.3. The molecule has 2 bridgehead atoms. The van der Waals surface area contributed by atoms with Crippen molar-refractivity contribution in [1.29, 1.82) is 0 Å². The van der Waals surface area contributed by atoms with E-state index in [-0.39, 0.29) is 10.5 Å². The summed E-state index contributed by atoms with van der Waals surface area (Å²) in [7, 11) is -0.725. The highest BCUT2D eigenvalue weighted by atomic mass is 32.2. The van der Waals surface area contributed by atoms with Gasteiger partial charge in [0.15, 0.2) is 0 Å². The number of aliphatic hydroxyl groups is 1.